The number of piperidine rings is 1. The lowest BCUT2D eigenvalue weighted by atomic mass is 9.85. The van der Waals surface area contributed by atoms with Gasteiger partial charge in [-0.2, -0.15) is 0 Å². The van der Waals surface area contributed by atoms with E-state index in [0.29, 0.717) is 5.92 Å². The van der Waals surface area contributed by atoms with E-state index in [0.717, 1.165) is 19.5 Å². The van der Waals surface area contributed by atoms with Crippen LogP contribution in [-0.4, -0.2) is 29.9 Å². The topological polar surface area (TPSA) is 46.3 Å². The lowest BCUT2D eigenvalue weighted by Crippen LogP contribution is -2.52. The molecule has 1 rings (SSSR count). The van der Waals surface area contributed by atoms with Crippen LogP contribution in [-0.2, 0) is 4.79 Å². The minimum atomic E-state index is -0.372. The normalized spacial score (nSPS) is 22.3. The molecule has 1 aliphatic rings. The molecule has 0 aromatic heterocycles. The SMILES string of the molecule is CCCC1CCCN(C(=O)[C@@H](N)C(C)(C)C)C1.Cl. The van der Waals surface area contributed by atoms with Gasteiger partial charge in [0.15, 0.2) is 0 Å². The van der Waals surface area contributed by atoms with Crippen LogP contribution < -0.4 is 5.73 Å². The molecule has 3 nitrogen and oxygen atoms in total. The molecule has 0 spiro atoms. The van der Waals surface area contributed by atoms with Crippen molar-refractivity contribution in [2.45, 2.75) is 59.4 Å². The summed E-state index contributed by atoms with van der Waals surface area (Å²) in [5.74, 6) is 0.822. The maximum atomic E-state index is 12.3. The number of amides is 1. The molecule has 108 valence electrons. The summed E-state index contributed by atoms with van der Waals surface area (Å²) in [6.07, 6.45) is 4.84. The van der Waals surface area contributed by atoms with Crippen LogP contribution in [0.15, 0.2) is 0 Å². The van der Waals surface area contributed by atoms with Gasteiger partial charge in [0.05, 0.1) is 6.04 Å². The van der Waals surface area contributed by atoms with Crippen molar-refractivity contribution in [2.75, 3.05) is 13.1 Å². The van der Waals surface area contributed by atoms with Crippen LogP contribution in [0.3, 0.4) is 0 Å². The molecule has 1 fully saturated rings. The van der Waals surface area contributed by atoms with Gasteiger partial charge in [-0.05, 0) is 30.6 Å². The first kappa shape index (κ1) is 17.7. The molecule has 1 heterocycles. The molecule has 0 aromatic carbocycles. The molecule has 18 heavy (non-hydrogen) atoms. The van der Waals surface area contributed by atoms with Crippen molar-refractivity contribution in [3.8, 4) is 0 Å². The van der Waals surface area contributed by atoms with E-state index < -0.39 is 0 Å². The predicted octanol–water partition coefficient (Wildman–Crippen LogP) is 2.82. The highest BCUT2D eigenvalue weighted by Crippen LogP contribution is 2.24. The summed E-state index contributed by atoms with van der Waals surface area (Å²) >= 11 is 0. The number of rotatable bonds is 3. The minimum absolute atomic E-state index is 0. The summed E-state index contributed by atoms with van der Waals surface area (Å²) in [5.41, 5.74) is 5.91. The van der Waals surface area contributed by atoms with Crippen LogP contribution in [0.2, 0.25) is 0 Å². The number of nitrogens with zero attached hydrogens (tertiary/aromatic N) is 1. The number of hydrogen-bond donors (Lipinski definition) is 1. The average molecular weight is 277 g/mol. The molecule has 2 atom stereocenters. The molecule has 0 radical (unpaired) electrons. The third-order valence-corrected chi connectivity index (χ3v) is 3.73. The first-order chi connectivity index (χ1) is 7.86. The maximum absolute atomic E-state index is 12.3. The average Bonchev–Trinajstić information content (AvgIpc) is 2.27. The van der Waals surface area contributed by atoms with Gasteiger partial charge in [-0.3, -0.25) is 4.79 Å². The second-order valence-corrected chi connectivity index (χ2v) is 6.42. The minimum Gasteiger partial charge on any atom is -0.341 e. The molecule has 1 unspecified atom stereocenters. The summed E-state index contributed by atoms with van der Waals surface area (Å²) in [4.78, 5) is 14.3. The fourth-order valence-corrected chi connectivity index (χ4v) is 2.48. The number of likely N-dealkylation sites (tertiary alicyclic amines) is 1. The number of nitrogens with two attached hydrogens (primary N) is 1. The molecule has 0 aromatic rings. The third-order valence-electron chi connectivity index (χ3n) is 3.73. The van der Waals surface area contributed by atoms with E-state index in [1.165, 1.54) is 19.3 Å². The van der Waals surface area contributed by atoms with E-state index >= 15 is 0 Å². The fraction of sp³-hybridized carbons (Fsp3) is 0.929. The van der Waals surface area contributed by atoms with Gasteiger partial charge >= 0.3 is 0 Å². The Kier molecular flexibility index (Phi) is 7.23. The zero-order valence-corrected chi connectivity index (χ0v) is 13.1. The number of hydrogen-bond acceptors (Lipinski definition) is 2. The molecular formula is C14H29ClN2O. The Hall–Kier alpha value is -0.280. The summed E-state index contributed by atoms with van der Waals surface area (Å²) < 4.78 is 0. The third kappa shape index (κ3) is 4.77. The van der Waals surface area contributed by atoms with Crippen LogP contribution in [0.1, 0.15) is 53.4 Å². The lowest BCUT2D eigenvalue weighted by molar-refractivity contribution is -0.136. The molecule has 4 heteroatoms. The van der Waals surface area contributed by atoms with Crippen LogP contribution >= 0.6 is 12.4 Å². The van der Waals surface area contributed by atoms with Crippen molar-refractivity contribution >= 4 is 18.3 Å². The Balaban J connectivity index is 0.00000289. The van der Waals surface area contributed by atoms with Gasteiger partial charge in [0, 0.05) is 13.1 Å². The van der Waals surface area contributed by atoms with Crippen molar-refractivity contribution in [3.63, 3.8) is 0 Å². The highest BCUT2D eigenvalue weighted by molar-refractivity contribution is 5.85. The Morgan fingerprint density at radius 2 is 2.06 bits per heavy atom. The van der Waals surface area contributed by atoms with Crippen molar-refractivity contribution < 1.29 is 4.79 Å². The van der Waals surface area contributed by atoms with Crippen molar-refractivity contribution in [3.05, 3.63) is 0 Å². The summed E-state index contributed by atoms with van der Waals surface area (Å²) in [7, 11) is 0. The van der Waals surface area contributed by atoms with Crippen LogP contribution in [0.4, 0.5) is 0 Å². The second kappa shape index (κ2) is 7.34. The lowest BCUT2D eigenvalue weighted by Gasteiger charge is -2.37. The predicted molar refractivity (Wildman–Crippen MR) is 78.9 cm³/mol. The van der Waals surface area contributed by atoms with Gasteiger partial charge in [0.25, 0.3) is 0 Å². The quantitative estimate of drug-likeness (QED) is 0.862. The Bertz CT molecular complexity index is 261. The molecule has 1 amide bonds. The largest absolute Gasteiger partial charge is 0.341 e. The first-order valence-corrected chi connectivity index (χ1v) is 6.90. The number of carbonyl (C=O) groups excluding carboxylic acids is 1. The molecule has 0 saturated carbocycles. The van der Waals surface area contributed by atoms with Crippen LogP contribution in [0.5, 0.6) is 0 Å². The standard InChI is InChI=1S/C14H28N2O.ClH/c1-5-7-11-8-6-9-16(10-11)13(17)12(15)14(2,3)4;/h11-12H,5-10,15H2,1-4H3;1H/t11?,12-;/m1./s1. The zero-order chi connectivity index (χ0) is 13.1. The van der Waals surface area contributed by atoms with Gasteiger partial charge in [0.1, 0.15) is 0 Å². The van der Waals surface area contributed by atoms with Gasteiger partial charge in [-0.25, -0.2) is 0 Å². The van der Waals surface area contributed by atoms with E-state index in [1.54, 1.807) is 0 Å². The van der Waals surface area contributed by atoms with Crippen LogP contribution in [0, 0.1) is 11.3 Å². The van der Waals surface area contributed by atoms with Gasteiger partial charge in [0.2, 0.25) is 5.91 Å². The Morgan fingerprint density at radius 3 is 2.56 bits per heavy atom. The molecule has 2 N–H and O–H groups in total. The summed E-state index contributed by atoms with van der Waals surface area (Å²) in [5, 5.41) is 0. The van der Waals surface area contributed by atoms with Crippen molar-refractivity contribution in [1.29, 1.82) is 0 Å². The van der Waals surface area contributed by atoms with Crippen molar-refractivity contribution in [1.82, 2.24) is 4.90 Å². The van der Waals surface area contributed by atoms with Gasteiger partial charge in [-0.15, -0.1) is 12.4 Å². The molecule has 0 aliphatic carbocycles. The Labute approximate surface area is 118 Å². The fourth-order valence-electron chi connectivity index (χ4n) is 2.48. The smallest absolute Gasteiger partial charge is 0.240 e. The highest BCUT2D eigenvalue weighted by atomic mass is 35.5. The van der Waals surface area contributed by atoms with E-state index in [1.807, 2.05) is 25.7 Å². The molecule has 1 saturated heterocycles. The first-order valence-electron chi connectivity index (χ1n) is 6.90. The second-order valence-electron chi connectivity index (χ2n) is 6.42. The number of carbonyl (C=O) groups is 1. The molecule has 1 aliphatic heterocycles. The van der Waals surface area contributed by atoms with E-state index in [4.69, 9.17) is 5.73 Å². The molecular weight excluding hydrogens is 248 g/mol. The number of halogens is 1. The monoisotopic (exact) mass is 276 g/mol. The van der Waals surface area contributed by atoms with E-state index in [9.17, 15) is 4.79 Å². The van der Waals surface area contributed by atoms with Crippen molar-refractivity contribution in [2.24, 2.45) is 17.1 Å². The van der Waals surface area contributed by atoms with E-state index in [-0.39, 0.29) is 29.8 Å². The zero-order valence-electron chi connectivity index (χ0n) is 12.2. The van der Waals surface area contributed by atoms with Gasteiger partial charge in [-0.1, -0.05) is 34.1 Å². The maximum Gasteiger partial charge on any atom is 0.240 e. The van der Waals surface area contributed by atoms with Crippen LogP contribution in [0.25, 0.3) is 0 Å². The molecule has 0 bridgehead atoms. The Morgan fingerprint density at radius 1 is 1.44 bits per heavy atom. The summed E-state index contributed by atoms with van der Waals surface area (Å²) in [6.45, 7) is 10.1. The van der Waals surface area contributed by atoms with E-state index in [2.05, 4.69) is 6.92 Å². The van der Waals surface area contributed by atoms with Gasteiger partial charge < -0.3 is 10.6 Å². The summed E-state index contributed by atoms with van der Waals surface area (Å²) in [6, 6.07) is -0.372. The highest BCUT2D eigenvalue weighted by Gasteiger charge is 2.33.